The minimum absolute atomic E-state index is 0.0214. The number of hydrogen-bond donors (Lipinski definition) is 1. The molecule has 0 saturated carbocycles. The van der Waals surface area contributed by atoms with Gasteiger partial charge in [-0.05, 0) is 37.1 Å². The molecule has 33 heavy (non-hydrogen) atoms. The number of aromatic nitrogens is 2. The Kier molecular flexibility index (Phi) is 5.24. The van der Waals surface area contributed by atoms with Crippen molar-refractivity contribution in [3.63, 3.8) is 0 Å². The second-order valence-corrected chi connectivity index (χ2v) is 9.94. The molecule has 0 atom stereocenters. The predicted octanol–water partition coefficient (Wildman–Crippen LogP) is 1.74. The molecule has 0 unspecified atom stereocenters. The maximum Gasteiger partial charge on any atom is 0.285 e. The van der Waals surface area contributed by atoms with E-state index in [0.29, 0.717) is 54.1 Å². The van der Waals surface area contributed by atoms with Crippen LogP contribution in [0, 0.1) is 5.92 Å². The molecule has 0 radical (unpaired) electrons. The molecule has 3 heterocycles. The Labute approximate surface area is 190 Å². The van der Waals surface area contributed by atoms with Crippen LogP contribution in [-0.2, 0) is 21.4 Å². The van der Waals surface area contributed by atoms with Gasteiger partial charge in [0, 0.05) is 31.6 Å². The van der Waals surface area contributed by atoms with Crippen molar-refractivity contribution in [2.24, 2.45) is 10.3 Å². The highest BCUT2D eigenvalue weighted by atomic mass is 32.2. The number of carbonyl (C=O) groups excluding carboxylic acids is 1. The van der Waals surface area contributed by atoms with Gasteiger partial charge in [-0.15, -0.1) is 4.40 Å². The van der Waals surface area contributed by atoms with Gasteiger partial charge in [0.1, 0.15) is 10.7 Å². The number of hydrogen-bond acceptors (Lipinski definition) is 6. The molecule has 170 valence electrons. The fraction of sp³-hybridized carbons (Fsp3) is 0.304. The summed E-state index contributed by atoms with van der Waals surface area (Å²) in [5, 5.41) is 0.515. The third-order valence-electron chi connectivity index (χ3n) is 6.18. The zero-order valence-corrected chi connectivity index (χ0v) is 18.9. The standard InChI is InChI=1S/C23H23N5O4S/c1-27(14-20-24-18-8-4-2-6-16(18)22(29)25-20)23(30)15-10-12-28(13-11-15)21-17-7-3-5-9-19(17)33(31,32)26-21/h2-9,15H,10-14H2,1H3,(H,24,25,29). The molecule has 9 nitrogen and oxygen atoms in total. The number of carbonyl (C=O) groups is 1. The van der Waals surface area contributed by atoms with E-state index < -0.39 is 10.0 Å². The lowest BCUT2D eigenvalue weighted by molar-refractivity contribution is -0.136. The van der Waals surface area contributed by atoms with Gasteiger partial charge in [-0.2, -0.15) is 8.42 Å². The fourth-order valence-electron chi connectivity index (χ4n) is 4.48. The molecular weight excluding hydrogens is 442 g/mol. The summed E-state index contributed by atoms with van der Waals surface area (Å²) in [4.78, 5) is 36.3. The van der Waals surface area contributed by atoms with E-state index in [1.165, 1.54) is 0 Å². The molecule has 1 fully saturated rings. The maximum atomic E-state index is 13.0. The van der Waals surface area contributed by atoms with E-state index in [-0.39, 0.29) is 28.8 Å². The van der Waals surface area contributed by atoms with Gasteiger partial charge in [-0.3, -0.25) is 9.59 Å². The number of amidine groups is 1. The van der Waals surface area contributed by atoms with Crippen molar-refractivity contribution in [2.75, 3.05) is 20.1 Å². The Bertz CT molecular complexity index is 1440. The molecule has 2 aliphatic rings. The second-order valence-electron chi connectivity index (χ2n) is 8.37. The maximum absolute atomic E-state index is 13.0. The summed E-state index contributed by atoms with van der Waals surface area (Å²) in [5.41, 5.74) is 0.987. The van der Waals surface area contributed by atoms with Crippen LogP contribution >= 0.6 is 0 Å². The number of likely N-dealkylation sites (tertiary alicyclic amines) is 1. The summed E-state index contributed by atoms with van der Waals surface area (Å²) in [6.45, 7) is 1.29. The molecule has 0 bridgehead atoms. The Morgan fingerprint density at radius 3 is 2.61 bits per heavy atom. The van der Waals surface area contributed by atoms with E-state index in [2.05, 4.69) is 14.4 Å². The van der Waals surface area contributed by atoms with Gasteiger partial charge in [0.15, 0.2) is 5.84 Å². The van der Waals surface area contributed by atoms with Crippen LogP contribution in [0.15, 0.2) is 62.6 Å². The number of nitrogens with zero attached hydrogens (tertiary/aromatic N) is 4. The third kappa shape index (κ3) is 3.91. The van der Waals surface area contributed by atoms with E-state index >= 15 is 0 Å². The average Bonchev–Trinajstić information content (AvgIpc) is 3.10. The van der Waals surface area contributed by atoms with Crippen LogP contribution in [0.3, 0.4) is 0 Å². The predicted molar refractivity (Wildman–Crippen MR) is 123 cm³/mol. The lowest BCUT2D eigenvalue weighted by Gasteiger charge is -2.34. The molecule has 1 aromatic heterocycles. The summed E-state index contributed by atoms with van der Waals surface area (Å²) in [7, 11) is -1.96. The van der Waals surface area contributed by atoms with Crippen LogP contribution in [0.1, 0.15) is 24.2 Å². The minimum Gasteiger partial charge on any atom is -0.355 e. The van der Waals surface area contributed by atoms with Crippen molar-refractivity contribution >= 4 is 32.7 Å². The minimum atomic E-state index is -3.67. The van der Waals surface area contributed by atoms with Crippen molar-refractivity contribution in [1.82, 2.24) is 19.8 Å². The van der Waals surface area contributed by atoms with Crippen molar-refractivity contribution in [2.45, 2.75) is 24.3 Å². The highest BCUT2D eigenvalue weighted by Crippen LogP contribution is 2.30. The molecule has 1 N–H and O–H groups in total. The molecule has 0 aliphatic carbocycles. The zero-order valence-electron chi connectivity index (χ0n) is 18.1. The van der Waals surface area contributed by atoms with Gasteiger partial charge in [0.25, 0.3) is 15.6 Å². The van der Waals surface area contributed by atoms with E-state index in [9.17, 15) is 18.0 Å². The molecule has 2 aliphatic heterocycles. The lowest BCUT2D eigenvalue weighted by atomic mass is 9.94. The Hall–Kier alpha value is -3.53. The molecule has 10 heteroatoms. The molecule has 1 amide bonds. The first-order valence-corrected chi connectivity index (χ1v) is 12.2. The van der Waals surface area contributed by atoms with Crippen molar-refractivity contribution in [1.29, 1.82) is 0 Å². The van der Waals surface area contributed by atoms with E-state index in [0.717, 1.165) is 0 Å². The highest BCUT2D eigenvalue weighted by Gasteiger charge is 2.35. The first kappa shape index (κ1) is 21.3. The first-order valence-electron chi connectivity index (χ1n) is 10.8. The number of piperidine rings is 1. The quantitative estimate of drug-likeness (QED) is 0.630. The van der Waals surface area contributed by atoms with Crippen molar-refractivity contribution in [3.05, 3.63) is 70.3 Å². The Morgan fingerprint density at radius 2 is 1.82 bits per heavy atom. The fourth-order valence-corrected chi connectivity index (χ4v) is 5.71. The number of aromatic amines is 1. The van der Waals surface area contributed by atoms with Crippen LogP contribution in [-0.4, -0.2) is 60.1 Å². The number of benzene rings is 2. The van der Waals surface area contributed by atoms with Crippen molar-refractivity contribution in [3.8, 4) is 0 Å². The summed E-state index contributed by atoms with van der Waals surface area (Å²) in [6.07, 6.45) is 1.18. The van der Waals surface area contributed by atoms with Crippen LogP contribution in [0.25, 0.3) is 10.9 Å². The second kappa shape index (κ2) is 8.11. The van der Waals surface area contributed by atoms with Crippen LogP contribution in [0.5, 0.6) is 0 Å². The number of para-hydroxylation sites is 1. The van der Waals surface area contributed by atoms with E-state index in [4.69, 9.17) is 0 Å². The normalized spacial score (nSPS) is 17.6. The molecular formula is C23H23N5O4S. The smallest absolute Gasteiger partial charge is 0.285 e. The topological polar surface area (TPSA) is 116 Å². The van der Waals surface area contributed by atoms with Gasteiger partial charge < -0.3 is 14.8 Å². The Morgan fingerprint density at radius 1 is 1.12 bits per heavy atom. The summed E-state index contributed by atoms with van der Waals surface area (Å²) in [5.74, 6) is 0.691. The summed E-state index contributed by atoms with van der Waals surface area (Å²) < 4.78 is 28.7. The largest absolute Gasteiger partial charge is 0.355 e. The van der Waals surface area contributed by atoms with Gasteiger partial charge in [-0.1, -0.05) is 24.3 Å². The average molecular weight is 466 g/mol. The first-order chi connectivity index (χ1) is 15.8. The SMILES string of the molecule is CN(Cc1nc2ccccc2c(=O)[nH]1)C(=O)C1CCN(C2=NS(=O)(=O)c3ccccc32)CC1. The van der Waals surface area contributed by atoms with Crippen LogP contribution < -0.4 is 5.56 Å². The third-order valence-corrected chi connectivity index (χ3v) is 7.51. The van der Waals surface area contributed by atoms with E-state index in [1.54, 1.807) is 54.4 Å². The number of H-pyrrole nitrogens is 1. The monoisotopic (exact) mass is 465 g/mol. The highest BCUT2D eigenvalue weighted by molar-refractivity contribution is 7.90. The Balaban J connectivity index is 1.25. The summed E-state index contributed by atoms with van der Waals surface area (Å²) >= 11 is 0. The number of sulfonamides is 1. The van der Waals surface area contributed by atoms with Gasteiger partial charge in [0.2, 0.25) is 5.91 Å². The number of fused-ring (bicyclic) bond motifs is 2. The number of nitrogens with one attached hydrogen (secondary N) is 1. The van der Waals surface area contributed by atoms with Gasteiger partial charge in [0.05, 0.1) is 17.4 Å². The number of amides is 1. The molecule has 1 saturated heterocycles. The number of rotatable bonds is 3. The van der Waals surface area contributed by atoms with Gasteiger partial charge in [-0.25, -0.2) is 4.98 Å². The molecule has 2 aromatic carbocycles. The van der Waals surface area contributed by atoms with Crippen molar-refractivity contribution < 1.29 is 13.2 Å². The van der Waals surface area contributed by atoms with Gasteiger partial charge >= 0.3 is 0 Å². The molecule has 0 spiro atoms. The van der Waals surface area contributed by atoms with Crippen LogP contribution in [0.4, 0.5) is 0 Å². The summed E-state index contributed by atoms with van der Waals surface area (Å²) in [6, 6.07) is 13.9. The molecule has 5 rings (SSSR count). The zero-order chi connectivity index (χ0) is 23.2. The molecule has 3 aromatic rings. The van der Waals surface area contributed by atoms with Crippen LogP contribution in [0.2, 0.25) is 0 Å². The lowest BCUT2D eigenvalue weighted by Crippen LogP contribution is -2.43. The van der Waals surface area contributed by atoms with E-state index in [1.807, 2.05) is 11.0 Å².